The monoisotopic (exact) mass is 321 g/mol. The van der Waals surface area contributed by atoms with Crippen molar-refractivity contribution in [2.45, 2.75) is 37.5 Å². The smallest absolute Gasteiger partial charge is 0.255 e. The summed E-state index contributed by atoms with van der Waals surface area (Å²) in [5, 5.41) is 5.93. The molecule has 5 heteroatoms. The van der Waals surface area contributed by atoms with Gasteiger partial charge in [0.2, 0.25) is 5.91 Å². The van der Waals surface area contributed by atoms with Crippen LogP contribution in [0.25, 0.3) is 0 Å². The second kappa shape index (κ2) is 5.74. The van der Waals surface area contributed by atoms with E-state index in [2.05, 4.69) is 15.6 Å². The van der Waals surface area contributed by atoms with Gasteiger partial charge in [0.1, 0.15) is 0 Å². The molecule has 1 spiro atoms. The second-order valence-electron chi connectivity index (χ2n) is 6.55. The highest BCUT2D eigenvalue weighted by atomic mass is 16.2. The molecule has 0 radical (unpaired) electrons. The largest absolute Gasteiger partial charge is 0.325 e. The summed E-state index contributed by atoms with van der Waals surface area (Å²) in [4.78, 5) is 28.8. The van der Waals surface area contributed by atoms with Gasteiger partial charge >= 0.3 is 0 Å². The van der Waals surface area contributed by atoms with E-state index in [1.54, 1.807) is 24.5 Å². The number of anilines is 2. The first-order valence-corrected chi connectivity index (χ1v) is 8.36. The third-order valence-corrected chi connectivity index (χ3v) is 5.13. The first-order chi connectivity index (χ1) is 11.7. The van der Waals surface area contributed by atoms with Crippen molar-refractivity contribution in [3.05, 3.63) is 53.9 Å². The van der Waals surface area contributed by atoms with Crippen LogP contribution in [0.2, 0.25) is 0 Å². The number of hydrogen-bond donors (Lipinski definition) is 2. The van der Waals surface area contributed by atoms with Gasteiger partial charge in [-0.05, 0) is 48.7 Å². The lowest BCUT2D eigenvalue weighted by atomic mass is 9.70. The number of carbonyl (C=O) groups is 2. The molecule has 24 heavy (non-hydrogen) atoms. The average Bonchev–Trinajstić information content (AvgIpc) is 2.88. The van der Waals surface area contributed by atoms with Crippen molar-refractivity contribution in [3.8, 4) is 0 Å². The molecular formula is C19H19N3O2. The molecule has 1 aromatic carbocycles. The average molecular weight is 321 g/mol. The van der Waals surface area contributed by atoms with Crippen molar-refractivity contribution >= 4 is 23.2 Å². The van der Waals surface area contributed by atoms with E-state index in [1.807, 2.05) is 18.2 Å². The number of amides is 2. The van der Waals surface area contributed by atoms with Crippen LogP contribution >= 0.6 is 0 Å². The van der Waals surface area contributed by atoms with E-state index in [0.29, 0.717) is 5.56 Å². The van der Waals surface area contributed by atoms with Crippen molar-refractivity contribution < 1.29 is 9.59 Å². The van der Waals surface area contributed by atoms with Crippen molar-refractivity contribution in [2.75, 3.05) is 10.6 Å². The number of nitrogens with one attached hydrogen (secondary N) is 2. The Balaban J connectivity index is 1.64. The zero-order chi connectivity index (χ0) is 16.6. The van der Waals surface area contributed by atoms with Crippen LogP contribution < -0.4 is 10.6 Å². The Bertz CT molecular complexity index is 796. The number of nitrogens with zero attached hydrogens (tertiary/aromatic N) is 1. The number of aromatic nitrogens is 1. The second-order valence-corrected chi connectivity index (χ2v) is 6.55. The number of benzene rings is 1. The summed E-state index contributed by atoms with van der Waals surface area (Å²) in [5.41, 5.74) is 2.78. The van der Waals surface area contributed by atoms with Gasteiger partial charge in [-0.2, -0.15) is 0 Å². The molecule has 122 valence electrons. The highest BCUT2D eigenvalue weighted by Crippen LogP contribution is 2.48. The third kappa shape index (κ3) is 2.37. The molecule has 1 fully saturated rings. The fourth-order valence-electron chi connectivity index (χ4n) is 3.85. The molecule has 2 aromatic rings. The van der Waals surface area contributed by atoms with Gasteiger partial charge in [0.15, 0.2) is 0 Å². The van der Waals surface area contributed by atoms with Gasteiger partial charge < -0.3 is 10.6 Å². The Morgan fingerprint density at radius 2 is 1.83 bits per heavy atom. The zero-order valence-electron chi connectivity index (χ0n) is 13.3. The minimum Gasteiger partial charge on any atom is -0.325 e. The highest BCUT2D eigenvalue weighted by molar-refractivity contribution is 6.08. The first kappa shape index (κ1) is 14.9. The van der Waals surface area contributed by atoms with E-state index in [9.17, 15) is 9.59 Å². The quantitative estimate of drug-likeness (QED) is 0.889. The maximum Gasteiger partial charge on any atom is 0.255 e. The summed E-state index contributed by atoms with van der Waals surface area (Å²) in [6.45, 7) is 0. The number of hydrogen-bond acceptors (Lipinski definition) is 3. The Hall–Kier alpha value is -2.69. The van der Waals surface area contributed by atoms with Crippen molar-refractivity contribution in [3.63, 3.8) is 0 Å². The summed E-state index contributed by atoms with van der Waals surface area (Å²) in [7, 11) is 0. The van der Waals surface area contributed by atoms with E-state index < -0.39 is 5.41 Å². The number of fused-ring (bicyclic) bond motifs is 2. The summed E-state index contributed by atoms with van der Waals surface area (Å²) >= 11 is 0. The lowest BCUT2D eigenvalue weighted by Gasteiger charge is -2.31. The Kier molecular flexibility index (Phi) is 3.56. The molecule has 0 bridgehead atoms. The fourth-order valence-corrected chi connectivity index (χ4v) is 3.85. The number of pyridine rings is 1. The zero-order valence-corrected chi connectivity index (χ0v) is 13.3. The predicted octanol–water partition coefficient (Wildman–Crippen LogP) is 3.49. The van der Waals surface area contributed by atoms with Gasteiger partial charge in [0, 0.05) is 29.3 Å². The van der Waals surface area contributed by atoms with E-state index in [4.69, 9.17) is 0 Å². The Morgan fingerprint density at radius 1 is 1.08 bits per heavy atom. The van der Waals surface area contributed by atoms with Crippen LogP contribution in [0.1, 0.15) is 48.0 Å². The highest BCUT2D eigenvalue weighted by Gasteiger charge is 2.47. The van der Waals surface area contributed by atoms with E-state index in [-0.39, 0.29) is 11.8 Å². The Morgan fingerprint density at radius 3 is 2.58 bits per heavy atom. The van der Waals surface area contributed by atoms with Crippen LogP contribution in [0, 0.1) is 0 Å². The summed E-state index contributed by atoms with van der Waals surface area (Å²) in [5.74, 6) is -0.0675. The van der Waals surface area contributed by atoms with E-state index in [0.717, 1.165) is 42.6 Å². The molecule has 2 aliphatic rings. The van der Waals surface area contributed by atoms with Crippen molar-refractivity contribution in [1.29, 1.82) is 0 Å². The molecule has 2 amide bonds. The van der Waals surface area contributed by atoms with Crippen molar-refractivity contribution in [2.24, 2.45) is 0 Å². The predicted molar refractivity (Wildman–Crippen MR) is 92.0 cm³/mol. The topological polar surface area (TPSA) is 71.1 Å². The summed E-state index contributed by atoms with van der Waals surface area (Å²) in [6, 6.07) is 9.03. The first-order valence-electron chi connectivity index (χ1n) is 8.36. The molecule has 1 saturated carbocycles. The SMILES string of the molecule is O=C(Nc1ccc2c(c1)C1(CCCCC1)C(=O)N2)c1ccncc1. The lowest BCUT2D eigenvalue weighted by Crippen LogP contribution is -2.36. The lowest BCUT2D eigenvalue weighted by molar-refractivity contribution is -0.121. The van der Waals surface area contributed by atoms with E-state index >= 15 is 0 Å². The standard InChI is InChI=1S/C19H19N3O2/c23-17(13-6-10-20-11-7-13)21-14-4-5-16-15(12-14)19(18(24)22-16)8-2-1-3-9-19/h4-7,10-12H,1-3,8-9H2,(H,21,23)(H,22,24). The summed E-state index contributed by atoms with van der Waals surface area (Å²) in [6.07, 6.45) is 8.28. The maximum absolute atomic E-state index is 12.6. The molecule has 0 unspecified atom stereocenters. The molecule has 2 heterocycles. The third-order valence-electron chi connectivity index (χ3n) is 5.13. The van der Waals surface area contributed by atoms with Crippen LogP contribution in [-0.2, 0) is 10.2 Å². The molecule has 2 N–H and O–H groups in total. The minimum atomic E-state index is -0.412. The number of carbonyl (C=O) groups excluding carboxylic acids is 2. The van der Waals surface area contributed by atoms with Gasteiger partial charge in [-0.1, -0.05) is 19.3 Å². The van der Waals surface area contributed by atoms with Gasteiger partial charge in [-0.15, -0.1) is 0 Å². The van der Waals surface area contributed by atoms with Crippen LogP contribution in [0.15, 0.2) is 42.7 Å². The van der Waals surface area contributed by atoms with Crippen LogP contribution in [0.3, 0.4) is 0 Å². The van der Waals surface area contributed by atoms with Gasteiger partial charge in [-0.25, -0.2) is 0 Å². The maximum atomic E-state index is 12.6. The molecule has 0 saturated heterocycles. The Labute approximate surface area is 140 Å². The van der Waals surface area contributed by atoms with Crippen LogP contribution in [0.4, 0.5) is 11.4 Å². The normalized spacial score (nSPS) is 18.1. The van der Waals surface area contributed by atoms with E-state index in [1.165, 1.54) is 6.42 Å². The molecule has 5 nitrogen and oxygen atoms in total. The molecule has 1 aliphatic heterocycles. The molecule has 1 aliphatic carbocycles. The van der Waals surface area contributed by atoms with Gasteiger partial charge in [0.05, 0.1) is 5.41 Å². The molecule has 0 atom stereocenters. The molecular weight excluding hydrogens is 302 g/mol. The summed E-state index contributed by atoms with van der Waals surface area (Å²) < 4.78 is 0. The van der Waals surface area contributed by atoms with Gasteiger partial charge in [0.25, 0.3) is 5.91 Å². The van der Waals surface area contributed by atoms with Gasteiger partial charge in [-0.3, -0.25) is 14.6 Å². The fraction of sp³-hybridized carbons (Fsp3) is 0.316. The van der Waals surface area contributed by atoms with Crippen molar-refractivity contribution in [1.82, 2.24) is 4.98 Å². The molecule has 1 aromatic heterocycles. The van der Waals surface area contributed by atoms with Crippen LogP contribution in [-0.4, -0.2) is 16.8 Å². The minimum absolute atomic E-state index is 0.106. The number of rotatable bonds is 2. The van der Waals surface area contributed by atoms with Crippen LogP contribution in [0.5, 0.6) is 0 Å². The molecule has 4 rings (SSSR count).